The van der Waals surface area contributed by atoms with Gasteiger partial charge in [-0.15, -0.1) is 0 Å². The topological polar surface area (TPSA) is 67.5 Å². The Morgan fingerprint density at radius 3 is 2.72 bits per heavy atom. The van der Waals surface area contributed by atoms with Gasteiger partial charge in [-0.3, -0.25) is 9.59 Å². The van der Waals surface area contributed by atoms with Crippen LogP contribution in [0.2, 0.25) is 0 Å². The van der Waals surface area contributed by atoms with E-state index in [4.69, 9.17) is 4.42 Å². The maximum absolute atomic E-state index is 13.8. The van der Waals surface area contributed by atoms with E-state index >= 15 is 0 Å². The molecule has 3 aromatic rings. The summed E-state index contributed by atoms with van der Waals surface area (Å²) in [6.45, 7) is 2.65. The average Bonchev–Trinajstić information content (AvgIpc) is 3.26. The van der Waals surface area contributed by atoms with Gasteiger partial charge >= 0.3 is 0 Å². The molecule has 168 valence electrons. The Bertz CT molecular complexity index is 1160. The number of aromatic nitrogens is 1. The third kappa shape index (κ3) is 3.76. The maximum Gasteiger partial charge on any atom is 0.271 e. The van der Waals surface area contributed by atoms with E-state index in [0.29, 0.717) is 24.4 Å². The molecule has 1 fully saturated rings. The number of furan rings is 1. The molecular formula is C25H28BrN3O3. The van der Waals surface area contributed by atoms with Gasteiger partial charge in [0, 0.05) is 29.2 Å². The first-order chi connectivity index (χ1) is 15.5. The van der Waals surface area contributed by atoms with Crippen molar-refractivity contribution in [2.75, 3.05) is 0 Å². The lowest BCUT2D eigenvalue weighted by atomic mass is 9.93. The molecule has 32 heavy (non-hydrogen) atoms. The molecule has 1 N–H and O–H groups in total. The summed E-state index contributed by atoms with van der Waals surface area (Å²) < 4.78 is 8.44. The van der Waals surface area contributed by atoms with Crippen LogP contribution in [0.4, 0.5) is 0 Å². The highest BCUT2D eigenvalue weighted by Crippen LogP contribution is 2.34. The molecular weight excluding hydrogens is 470 g/mol. The summed E-state index contributed by atoms with van der Waals surface area (Å²) >= 11 is 3.52. The summed E-state index contributed by atoms with van der Waals surface area (Å²) in [6, 6.07) is 11.7. The second-order valence-corrected chi connectivity index (χ2v) is 10.2. The van der Waals surface area contributed by atoms with Gasteiger partial charge < -0.3 is 19.2 Å². The average molecular weight is 498 g/mol. The van der Waals surface area contributed by atoms with E-state index in [0.717, 1.165) is 41.2 Å². The van der Waals surface area contributed by atoms with Gasteiger partial charge in [-0.25, -0.2) is 0 Å². The number of amides is 2. The van der Waals surface area contributed by atoms with Crippen molar-refractivity contribution in [1.29, 1.82) is 0 Å². The van der Waals surface area contributed by atoms with Crippen LogP contribution in [0.5, 0.6) is 0 Å². The Balaban J connectivity index is 1.52. The largest absolute Gasteiger partial charge is 0.463 e. The monoisotopic (exact) mass is 497 g/mol. The van der Waals surface area contributed by atoms with Crippen LogP contribution < -0.4 is 5.32 Å². The fourth-order valence-corrected chi connectivity index (χ4v) is 5.55. The van der Waals surface area contributed by atoms with Gasteiger partial charge in [0.25, 0.3) is 5.91 Å². The molecule has 2 aliphatic rings. The number of benzene rings is 1. The Morgan fingerprint density at radius 2 is 1.97 bits per heavy atom. The van der Waals surface area contributed by atoms with E-state index in [9.17, 15) is 9.59 Å². The van der Waals surface area contributed by atoms with Gasteiger partial charge in [-0.05, 0) is 37.5 Å². The minimum Gasteiger partial charge on any atom is -0.463 e. The van der Waals surface area contributed by atoms with Crippen molar-refractivity contribution < 1.29 is 14.0 Å². The van der Waals surface area contributed by atoms with Gasteiger partial charge in [0.2, 0.25) is 5.91 Å². The normalized spacial score (nSPS) is 22.1. The van der Waals surface area contributed by atoms with E-state index in [-0.39, 0.29) is 17.9 Å². The minimum atomic E-state index is -1.01. The highest BCUT2D eigenvalue weighted by atomic mass is 79.9. The van der Waals surface area contributed by atoms with Crippen LogP contribution >= 0.6 is 15.9 Å². The summed E-state index contributed by atoms with van der Waals surface area (Å²) in [7, 11) is 0. The lowest BCUT2D eigenvalue weighted by Gasteiger charge is -2.44. The van der Waals surface area contributed by atoms with Crippen LogP contribution in [-0.2, 0) is 17.9 Å². The molecule has 1 aliphatic heterocycles. The van der Waals surface area contributed by atoms with Crippen molar-refractivity contribution in [3.8, 4) is 0 Å². The fourth-order valence-electron chi connectivity index (χ4n) is 5.10. The molecule has 1 aliphatic carbocycles. The van der Waals surface area contributed by atoms with Crippen molar-refractivity contribution in [2.45, 2.75) is 70.1 Å². The number of hydrogen-bond acceptors (Lipinski definition) is 3. The zero-order valence-electron chi connectivity index (χ0n) is 18.3. The van der Waals surface area contributed by atoms with Gasteiger partial charge in [0.1, 0.15) is 11.2 Å². The molecule has 6 nitrogen and oxygen atoms in total. The van der Waals surface area contributed by atoms with Gasteiger partial charge in [-0.2, -0.15) is 0 Å². The molecule has 2 aromatic heterocycles. The second kappa shape index (κ2) is 8.43. The zero-order valence-corrected chi connectivity index (χ0v) is 19.9. The van der Waals surface area contributed by atoms with Crippen LogP contribution in [0.3, 0.4) is 0 Å². The van der Waals surface area contributed by atoms with Crippen molar-refractivity contribution in [1.82, 2.24) is 14.8 Å². The Morgan fingerprint density at radius 1 is 1.19 bits per heavy atom. The number of nitrogens with zero attached hydrogens (tertiary/aromatic N) is 2. The Labute approximate surface area is 196 Å². The number of carbonyl (C=O) groups excluding carboxylic acids is 2. The summed E-state index contributed by atoms with van der Waals surface area (Å²) in [5, 5.41) is 3.30. The number of nitrogens with one attached hydrogen (secondary N) is 1. The van der Waals surface area contributed by atoms with E-state index in [2.05, 4.69) is 21.2 Å². The smallest absolute Gasteiger partial charge is 0.271 e. The third-order valence-corrected chi connectivity index (χ3v) is 7.45. The van der Waals surface area contributed by atoms with Crippen LogP contribution in [0.25, 0.3) is 11.1 Å². The first kappa shape index (κ1) is 21.3. The maximum atomic E-state index is 13.8. The molecule has 0 spiro atoms. The highest BCUT2D eigenvalue weighted by molar-refractivity contribution is 9.10. The molecule has 3 heterocycles. The Hall–Kier alpha value is -2.54. The standard InChI is InChI=1S/C25H28BrN3O3/c1-25(24(31)27-19-9-4-2-3-5-10-19)16-28-20-11-12-32-22(20)14-21(28)23(30)29(25)15-17-7-6-8-18(26)13-17/h6-8,11-14,19H,2-5,9-10,15-16H2,1H3,(H,27,31). The van der Waals surface area contributed by atoms with E-state index in [1.807, 2.05) is 41.8 Å². The fraction of sp³-hybridized carbons (Fsp3) is 0.440. The van der Waals surface area contributed by atoms with E-state index in [1.54, 1.807) is 17.2 Å². The predicted molar refractivity (Wildman–Crippen MR) is 126 cm³/mol. The number of halogens is 1. The molecule has 1 atom stereocenters. The number of carbonyl (C=O) groups is 2. The second-order valence-electron chi connectivity index (χ2n) is 9.24. The molecule has 1 aromatic carbocycles. The van der Waals surface area contributed by atoms with Crippen molar-refractivity contribution in [3.63, 3.8) is 0 Å². The Kier molecular flexibility index (Phi) is 5.61. The van der Waals surface area contributed by atoms with Gasteiger partial charge in [0.15, 0.2) is 5.58 Å². The molecule has 0 saturated heterocycles. The van der Waals surface area contributed by atoms with E-state index in [1.165, 1.54) is 12.8 Å². The van der Waals surface area contributed by atoms with Crippen LogP contribution in [0, 0.1) is 0 Å². The summed E-state index contributed by atoms with van der Waals surface area (Å²) in [6.07, 6.45) is 8.35. The molecule has 0 radical (unpaired) electrons. The lowest BCUT2D eigenvalue weighted by molar-refractivity contribution is -0.134. The van der Waals surface area contributed by atoms with Crippen molar-refractivity contribution >= 4 is 38.8 Å². The van der Waals surface area contributed by atoms with Crippen LogP contribution in [0.1, 0.15) is 61.5 Å². The van der Waals surface area contributed by atoms with E-state index < -0.39 is 5.54 Å². The highest BCUT2D eigenvalue weighted by Gasteiger charge is 2.48. The van der Waals surface area contributed by atoms with Crippen LogP contribution in [-0.4, -0.2) is 32.9 Å². The lowest BCUT2D eigenvalue weighted by Crippen LogP contribution is -2.64. The van der Waals surface area contributed by atoms with Gasteiger partial charge in [-0.1, -0.05) is 53.7 Å². The zero-order chi connectivity index (χ0) is 22.3. The molecule has 1 unspecified atom stereocenters. The first-order valence-corrected chi connectivity index (χ1v) is 12.2. The quantitative estimate of drug-likeness (QED) is 0.500. The first-order valence-electron chi connectivity index (χ1n) is 11.4. The van der Waals surface area contributed by atoms with Crippen molar-refractivity contribution in [3.05, 3.63) is 58.4 Å². The molecule has 2 amide bonds. The molecule has 7 heteroatoms. The minimum absolute atomic E-state index is 0.0799. The molecule has 1 saturated carbocycles. The summed E-state index contributed by atoms with van der Waals surface area (Å²) in [5.41, 5.74) is 2.05. The molecule has 5 rings (SSSR count). The summed E-state index contributed by atoms with van der Waals surface area (Å²) in [5.74, 6) is -0.232. The van der Waals surface area contributed by atoms with Crippen LogP contribution in [0.15, 0.2) is 51.6 Å². The number of hydrogen-bond donors (Lipinski definition) is 1. The third-order valence-electron chi connectivity index (χ3n) is 6.96. The van der Waals surface area contributed by atoms with Gasteiger partial charge in [0.05, 0.1) is 18.3 Å². The molecule has 0 bridgehead atoms. The summed E-state index contributed by atoms with van der Waals surface area (Å²) in [4.78, 5) is 29.2. The number of fused-ring (bicyclic) bond motifs is 3. The SMILES string of the molecule is CC1(C(=O)NC2CCCCCC2)Cn2c(cc3occc32)C(=O)N1Cc1cccc(Br)c1. The number of rotatable bonds is 4. The van der Waals surface area contributed by atoms with Crippen molar-refractivity contribution in [2.24, 2.45) is 0 Å². The predicted octanol–water partition coefficient (Wildman–Crippen LogP) is 5.25.